The Labute approximate surface area is 109 Å². The molecule has 0 fully saturated rings. The molecule has 0 aliphatic carbocycles. The molecule has 0 aliphatic heterocycles. The Morgan fingerprint density at radius 3 is 2.78 bits per heavy atom. The number of nitrogen functional groups attached to an aromatic ring is 1. The molecule has 3 N–H and O–H groups in total. The highest BCUT2D eigenvalue weighted by atomic mass is 35.5. The fraction of sp³-hybridized carbons (Fsp3) is 0.100. The smallest absolute Gasteiger partial charge is 0.240 e. The van der Waals surface area contributed by atoms with Crippen molar-refractivity contribution >= 4 is 27.3 Å². The van der Waals surface area contributed by atoms with E-state index in [4.69, 9.17) is 17.3 Å². The third-order valence-electron chi connectivity index (χ3n) is 2.22. The Morgan fingerprint density at radius 2 is 2.17 bits per heavy atom. The van der Waals surface area contributed by atoms with Gasteiger partial charge < -0.3 is 10.3 Å². The van der Waals surface area contributed by atoms with Crippen LogP contribution >= 0.6 is 11.6 Å². The van der Waals surface area contributed by atoms with Gasteiger partial charge in [0, 0.05) is 6.07 Å². The lowest BCUT2D eigenvalue weighted by Crippen LogP contribution is -2.23. The Bertz CT molecular complexity index is 640. The minimum Gasteiger partial charge on any atom is -0.398 e. The van der Waals surface area contributed by atoms with Gasteiger partial charge in [0.15, 0.2) is 0 Å². The normalized spacial score (nSPS) is 11.6. The Kier molecular flexibility index (Phi) is 3.55. The lowest BCUT2D eigenvalue weighted by atomic mass is 10.3. The summed E-state index contributed by atoms with van der Waals surface area (Å²) in [5.41, 5.74) is 6.33. The number of nitrogens with one attached hydrogen (secondary N) is 1. The highest BCUT2D eigenvalue weighted by Crippen LogP contribution is 2.22. The largest absolute Gasteiger partial charge is 0.398 e. The third-order valence-corrected chi connectivity index (χ3v) is 3.94. The van der Waals surface area contributed by atoms with Gasteiger partial charge in [0.25, 0.3) is 0 Å². The van der Waals surface area contributed by atoms with Gasteiger partial charge >= 0.3 is 0 Å². The minimum absolute atomic E-state index is 0.0425. The van der Waals surface area contributed by atoms with Crippen molar-refractivity contribution in [2.24, 2.45) is 0 Å². The summed E-state index contributed by atoms with van der Waals surface area (Å²) in [4.78, 5) is 0.0465. The van der Waals surface area contributed by atoms with Gasteiger partial charge in [-0.2, -0.15) is 0 Å². The highest BCUT2D eigenvalue weighted by molar-refractivity contribution is 7.89. The van der Waals surface area contributed by atoms with Crippen LogP contribution in [-0.2, 0) is 16.6 Å². The van der Waals surface area contributed by atoms with Crippen molar-refractivity contribution in [1.82, 2.24) is 9.88 Å². The lowest BCUT2D eigenvalue weighted by Gasteiger charge is -2.06. The molecule has 0 bridgehead atoms. The van der Waals surface area contributed by atoms with E-state index >= 15 is 0 Å². The van der Waals surface area contributed by atoms with Gasteiger partial charge in [-0.3, -0.25) is 0 Å². The van der Waals surface area contributed by atoms with Gasteiger partial charge in [0.05, 0.1) is 27.8 Å². The second-order valence-electron chi connectivity index (χ2n) is 3.50. The van der Waals surface area contributed by atoms with E-state index < -0.39 is 10.0 Å². The molecule has 1 aromatic carbocycles. The van der Waals surface area contributed by atoms with Crippen molar-refractivity contribution < 1.29 is 12.9 Å². The molecule has 1 aromatic heterocycles. The molecule has 0 saturated heterocycles. The zero-order chi connectivity index (χ0) is 13.2. The molecular formula is C10H10ClN3O3S. The van der Waals surface area contributed by atoms with Crippen LogP contribution < -0.4 is 10.5 Å². The fourth-order valence-electron chi connectivity index (χ4n) is 1.26. The average molecular weight is 288 g/mol. The van der Waals surface area contributed by atoms with Gasteiger partial charge in [0.2, 0.25) is 10.0 Å². The minimum atomic E-state index is -3.65. The van der Waals surface area contributed by atoms with E-state index in [1.54, 1.807) is 6.07 Å². The third kappa shape index (κ3) is 2.81. The number of hydrogen-bond acceptors (Lipinski definition) is 5. The van der Waals surface area contributed by atoms with Crippen molar-refractivity contribution in [1.29, 1.82) is 0 Å². The number of anilines is 1. The number of benzene rings is 1. The number of halogens is 1. The summed E-state index contributed by atoms with van der Waals surface area (Å²) in [5, 5.41) is 3.79. The molecule has 96 valence electrons. The molecule has 8 heteroatoms. The first-order valence-electron chi connectivity index (χ1n) is 4.93. The molecular weight excluding hydrogens is 278 g/mol. The first-order chi connectivity index (χ1) is 8.49. The van der Waals surface area contributed by atoms with E-state index in [1.807, 2.05) is 0 Å². The average Bonchev–Trinajstić information content (AvgIpc) is 2.83. The van der Waals surface area contributed by atoms with Crippen molar-refractivity contribution in [3.63, 3.8) is 0 Å². The summed E-state index contributed by atoms with van der Waals surface area (Å²) < 4.78 is 30.8. The van der Waals surface area contributed by atoms with Crippen LogP contribution in [0, 0.1) is 0 Å². The summed E-state index contributed by atoms with van der Waals surface area (Å²) in [5.74, 6) is 0. The molecule has 0 radical (unpaired) electrons. The highest BCUT2D eigenvalue weighted by Gasteiger charge is 2.15. The van der Waals surface area contributed by atoms with E-state index in [-0.39, 0.29) is 16.5 Å². The van der Waals surface area contributed by atoms with E-state index in [0.717, 1.165) is 0 Å². The van der Waals surface area contributed by atoms with Gasteiger partial charge in [-0.15, -0.1) is 0 Å². The first-order valence-corrected chi connectivity index (χ1v) is 6.79. The van der Waals surface area contributed by atoms with E-state index in [9.17, 15) is 8.42 Å². The predicted octanol–water partition coefficient (Wildman–Crippen LogP) is 1.39. The van der Waals surface area contributed by atoms with Crippen LogP contribution in [-0.4, -0.2) is 13.6 Å². The Morgan fingerprint density at radius 1 is 1.39 bits per heavy atom. The maximum atomic E-state index is 11.9. The summed E-state index contributed by atoms with van der Waals surface area (Å²) >= 11 is 5.78. The van der Waals surface area contributed by atoms with Gasteiger partial charge in [-0.1, -0.05) is 16.8 Å². The number of sulfonamides is 1. The van der Waals surface area contributed by atoms with Crippen molar-refractivity contribution in [3.8, 4) is 0 Å². The van der Waals surface area contributed by atoms with E-state index in [0.29, 0.717) is 11.4 Å². The summed E-state index contributed by atoms with van der Waals surface area (Å²) in [6, 6.07) is 5.68. The molecule has 0 aliphatic rings. The van der Waals surface area contributed by atoms with Crippen LogP contribution in [0.3, 0.4) is 0 Å². The Balaban J connectivity index is 2.17. The number of aromatic nitrogens is 1. The van der Waals surface area contributed by atoms with Crippen molar-refractivity contribution in [3.05, 3.63) is 41.2 Å². The fourth-order valence-corrected chi connectivity index (χ4v) is 2.53. The first kappa shape index (κ1) is 12.9. The van der Waals surface area contributed by atoms with E-state index in [1.165, 1.54) is 24.5 Å². The van der Waals surface area contributed by atoms with Crippen LogP contribution in [0.4, 0.5) is 5.69 Å². The standard InChI is InChI=1S/C10H10ClN3O3S/c11-9-5-8(1-2-10(9)12)18(15,16)13-6-7-3-4-17-14-7/h1-5,13H,6,12H2. The number of rotatable bonds is 4. The van der Waals surface area contributed by atoms with Gasteiger partial charge in [0.1, 0.15) is 6.26 Å². The van der Waals surface area contributed by atoms with Crippen molar-refractivity contribution in [2.75, 3.05) is 5.73 Å². The number of nitrogens with zero attached hydrogens (tertiary/aromatic N) is 1. The second kappa shape index (κ2) is 4.97. The quantitative estimate of drug-likeness (QED) is 0.828. The monoisotopic (exact) mass is 287 g/mol. The predicted molar refractivity (Wildman–Crippen MR) is 66.4 cm³/mol. The second-order valence-corrected chi connectivity index (χ2v) is 5.67. The molecule has 1 heterocycles. The molecule has 18 heavy (non-hydrogen) atoms. The maximum absolute atomic E-state index is 11.9. The zero-order valence-electron chi connectivity index (χ0n) is 9.13. The summed E-state index contributed by atoms with van der Waals surface area (Å²) in [6.45, 7) is 0.0425. The SMILES string of the molecule is Nc1ccc(S(=O)(=O)NCc2ccon2)cc1Cl. The lowest BCUT2D eigenvalue weighted by molar-refractivity contribution is 0.411. The molecule has 2 rings (SSSR count). The molecule has 0 saturated carbocycles. The molecule has 6 nitrogen and oxygen atoms in total. The summed E-state index contributed by atoms with van der Waals surface area (Å²) in [6.07, 6.45) is 1.36. The van der Waals surface area contributed by atoms with Crippen LogP contribution in [0.1, 0.15) is 5.69 Å². The maximum Gasteiger partial charge on any atom is 0.240 e. The number of hydrogen-bond donors (Lipinski definition) is 2. The molecule has 0 unspecified atom stereocenters. The topological polar surface area (TPSA) is 98.2 Å². The Hall–Kier alpha value is -1.57. The van der Waals surface area contributed by atoms with Gasteiger partial charge in [-0.05, 0) is 18.2 Å². The van der Waals surface area contributed by atoms with Crippen molar-refractivity contribution in [2.45, 2.75) is 11.4 Å². The number of nitrogens with two attached hydrogens (primary N) is 1. The molecule has 0 spiro atoms. The molecule has 2 aromatic rings. The van der Waals surface area contributed by atoms with Crippen LogP contribution in [0.5, 0.6) is 0 Å². The van der Waals surface area contributed by atoms with Crippen LogP contribution in [0.2, 0.25) is 5.02 Å². The van der Waals surface area contributed by atoms with E-state index in [2.05, 4.69) is 14.4 Å². The zero-order valence-corrected chi connectivity index (χ0v) is 10.7. The molecule has 0 atom stereocenters. The molecule has 0 amide bonds. The van der Waals surface area contributed by atoms with Crippen LogP contribution in [0.15, 0.2) is 39.9 Å². The van der Waals surface area contributed by atoms with Gasteiger partial charge in [-0.25, -0.2) is 13.1 Å². The summed E-state index contributed by atoms with van der Waals surface area (Å²) in [7, 11) is -3.65. The van der Waals surface area contributed by atoms with Crippen LogP contribution in [0.25, 0.3) is 0 Å².